The second-order valence-electron chi connectivity index (χ2n) is 8.73. The van der Waals surface area contributed by atoms with E-state index in [0.29, 0.717) is 40.0 Å². The maximum Gasteiger partial charge on any atom is 0.175 e. The van der Waals surface area contributed by atoms with Crippen LogP contribution in [0.15, 0.2) is 59.1 Å². The fraction of sp³-hybridized carbons (Fsp3) is 0.259. The minimum Gasteiger partial charge on any atom is -0.493 e. The van der Waals surface area contributed by atoms with Gasteiger partial charge in [-0.2, -0.15) is 0 Å². The smallest absolute Gasteiger partial charge is 0.175 e. The molecule has 3 atom stereocenters. The zero-order chi connectivity index (χ0) is 24.0. The van der Waals surface area contributed by atoms with E-state index in [1.54, 1.807) is 13.2 Å². The van der Waals surface area contributed by atoms with Crippen LogP contribution in [0.4, 0.5) is 5.69 Å². The molecule has 3 aromatic rings. The number of methoxy groups -OCH3 is 1. The summed E-state index contributed by atoms with van der Waals surface area (Å²) >= 11 is 22.3. The van der Waals surface area contributed by atoms with Gasteiger partial charge in [0, 0.05) is 16.6 Å². The topological polar surface area (TPSA) is 30.5 Å². The molecular weight excluding hydrogens is 557 g/mol. The van der Waals surface area contributed by atoms with E-state index in [2.05, 4.69) is 58.5 Å². The summed E-state index contributed by atoms with van der Waals surface area (Å²) in [7, 11) is 1.66. The second kappa shape index (κ2) is 9.66. The molecule has 34 heavy (non-hydrogen) atoms. The first-order valence-electron chi connectivity index (χ1n) is 11.0. The minimum atomic E-state index is 0.127. The molecule has 0 spiro atoms. The normalized spacial score (nSPS) is 20.5. The Balaban J connectivity index is 1.46. The number of hydrogen-bond donors (Lipinski definition) is 1. The number of aryl methyl sites for hydroxylation is 1. The van der Waals surface area contributed by atoms with Crippen LogP contribution in [0.2, 0.25) is 15.1 Å². The van der Waals surface area contributed by atoms with Gasteiger partial charge in [0.1, 0.15) is 6.61 Å². The van der Waals surface area contributed by atoms with Gasteiger partial charge in [0.15, 0.2) is 11.5 Å². The van der Waals surface area contributed by atoms with Gasteiger partial charge in [-0.1, -0.05) is 53.0 Å². The maximum atomic E-state index is 6.39. The van der Waals surface area contributed by atoms with E-state index >= 15 is 0 Å². The molecule has 0 bridgehead atoms. The van der Waals surface area contributed by atoms with E-state index in [1.165, 1.54) is 5.56 Å². The number of fused-ring (bicyclic) bond motifs is 3. The molecule has 0 unspecified atom stereocenters. The number of anilines is 1. The van der Waals surface area contributed by atoms with Gasteiger partial charge in [-0.15, -0.1) is 0 Å². The largest absolute Gasteiger partial charge is 0.493 e. The Bertz CT molecular complexity index is 1290. The number of nitrogens with one attached hydrogen (secondary N) is 1. The molecule has 0 aromatic heterocycles. The SMILES string of the molecule is COc1cc([C@@H]2Nc3c(C)cc(Cl)cc3[C@@H]3C=CC[C@@H]32)cc(Br)c1OCc1ccc(Cl)c(Cl)c1. The third-order valence-electron chi connectivity index (χ3n) is 6.61. The summed E-state index contributed by atoms with van der Waals surface area (Å²) in [6.07, 6.45) is 5.59. The van der Waals surface area contributed by atoms with Crippen LogP contribution >= 0.6 is 50.7 Å². The van der Waals surface area contributed by atoms with Crippen molar-refractivity contribution in [2.75, 3.05) is 12.4 Å². The molecule has 0 amide bonds. The van der Waals surface area contributed by atoms with Crippen LogP contribution in [0.25, 0.3) is 0 Å². The zero-order valence-electron chi connectivity index (χ0n) is 18.7. The summed E-state index contributed by atoms with van der Waals surface area (Å²) in [6.45, 7) is 2.44. The summed E-state index contributed by atoms with van der Waals surface area (Å²) in [5.74, 6) is 2.05. The van der Waals surface area contributed by atoms with E-state index in [-0.39, 0.29) is 6.04 Å². The van der Waals surface area contributed by atoms with Crippen LogP contribution in [0.3, 0.4) is 0 Å². The molecule has 0 saturated heterocycles. The summed E-state index contributed by atoms with van der Waals surface area (Å²) < 4.78 is 12.7. The van der Waals surface area contributed by atoms with Gasteiger partial charge >= 0.3 is 0 Å². The van der Waals surface area contributed by atoms with Crippen LogP contribution in [0, 0.1) is 12.8 Å². The van der Waals surface area contributed by atoms with Crippen molar-refractivity contribution in [2.45, 2.75) is 31.9 Å². The van der Waals surface area contributed by atoms with E-state index < -0.39 is 0 Å². The zero-order valence-corrected chi connectivity index (χ0v) is 22.5. The number of ether oxygens (including phenoxy) is 2. The Kier molecular flexibility index (Phi) is 6.78. The van der Waals surface area contributed by atoms with Gasteiger partial charge in [-0.05, 0) is 93.8 Å². The molecule has 0 saturated carbocycles. The van der Waals surface area contributed by atoms with Crippen molar-refractivity contribution in [1.82, 2.24) is 0 Å². The Hall–Kier alpha value is -1.85. The molecule has 3 aromatic carbocycles. The van der Waals surface area contributed by atoms with Gasteiger partial charge in [0.05, 0.1) is 27.7 Å². The lowest BCUT2D eigenvalue weighted by atomic mass is 9.76. The van der Waals surface area contributed by atoms with Gasteiger partial charge in [0.25, 0.3) is 0 Å². The lowest BCUT2D eigenvalue weighted by Crippen LogP contribution is -2.29. The van der Waals surface area contributed by atoms with Crippen LogP contribution in [-0.4, -0.2) is 7.11 Å². The summed E-state index contributed by atoms with van der Waals surface area (Å²) in [5.41, 5.74) is 5.65. The van der Waals surface area contributed by atoms with Gasteiger partial charge in [-0.25, -0.2) is 0 Å². The highest BCUT2D eigenvalue weighted by Crippen LogP contribution is 2.52. The number of halogens is 4. The monoisotopic (exact) mass is 577 g/mol. The summed E-state index contributed by atoms with van der Waals surface area (Å²) in [6, 6.07) is 13.9. The number of benzene rings is 3. The third-order valence-corrected chi connectivity index (χ3v) is 8.16. The average molecular weight is 580 g/mol. The average Bonchev–Trinajstić information content (AvgIpc) is 3.30. The lowest BCUT2D eigenvalue weighted by molar-refractivity contribution is 0.282. The molecule has 1 heterocycles. The molecule has 1 aliphatic carbocycles. The van der Waals surface area contributed by atoms with Crippen molar-refractivity contribution in [3.63, 3.8) is 0 Å². The van der Waals surface area contributed by atoms with E-state index in [1.807, 2.05) is 18.2 Å². The van der Waals surface area contributed by atoms with E-state index in [9.17, 15) is 0 Å². The minimum absolute atomic E-state index is 0.127. The molecule has 7 heteroatoms. The van der Waals surface area contributed by atoms with Crippen LogP contribution in [0.1, 0.15) is 40.6 Å². The van der Waals surface area contributed by atoms with E-state index in [0.717, 1.165) is 38.3 Å². The number of rotatable bonds is 5. The van der Waals surface area contributed by atoms with Crippen molar-refractivity contribution in [3.8, 4) is 11.5 Å². The Morgan fingerprint density at radius 1 is 1.06 bits per heavy atom. The standard InChI is InChI=1S/C27H23BrCl3NO2/c1-14-8-17(29)12-20-18-4-3-5-19(18)26(32-25(14)20)16-10-21(28)27(24(11-16)33-2)34-13-15-6-7-22(30)23(31)9-15/h3-4,6-12,18-19,26,32H,5,13H2,1-2H3/t18-,19+,26+/m1/s1. The molecule has 3 nitrogen and oxygen atoms in total. The molecule has 0 fully saturated rings. The first kappa shape index (κ1) is 23.9. The highest BCUT2D eigenvalue weighted by Gasteiger charge is 2.39. The van der Waals surface area contributed by atoms with Crippen molar-refractivity contribution in [2.24, 2.45) is 5.92 Å². The second-order valence-corrected chi connectivity index (χ2v) is 10.8. The van der Waals surface area contributed by atoms with Crippen LogP contribution in [-0.2, 0) is 6.61 Å². The first-order valence-corrected chi connectivity index (χ1v) is 13.0. The van der Waals surface area contributed by atoms with Crippen molar-refractivity contribution in [1.29, 1.82) is 0 Å². The lowest BCUT2D eigenvalue weighted by Gasteiger charge is -2.38. The summed E-state index contributed by atoms with van der Waals surface area (Å²) in [5, 5.41) is 5.61. The van der Waals surface area contributed by atoms with Gasteiger partial charge in [0.2, 0.25) is 0 Å². The highest BCUT2D eigenvalue weighted by atomic mass is 79.9. The van der Waals surface area contributed by atoms with Crippen LogP contribution in [0.5, 0.6) is 11.5 Å². The Labute approximate surface area is 223 Å². The Morgan fingerprint density at radius 3 is 2.65 bits per heavy atom. The molecule has 2 aliphatic rings. The quantitative estimate of drug-likeness (QED) is 0.306. The molecule has 0 radical (unpaired) electrons. The Morgan fingerprint density at radius 2 is 1.88 bits per heavy atom. The van der Waals surface area contributed by atoms with Crippen molar-refractivity contribution in [3.05, 3.63) is 96.4 Å². The molecule has 176 valence electrons. The number of allylic oxidation sites excluding steroid dienone is 2. The van der Waals surface area contributed by atoms with Gasteiger partial charge in [-0.3, -0.25) is 0 Å². The molecular formula is C27H23BrCl3NO2. The number of hydrogen-bond acceptors (Lipinski definition) is 3. The van der Waals surface area contributed by atoms with Gasteiger partial charge < -0.3 is 14.8 Å². The van der Waals surface area contributed by atoms with Crippen LogP contribution < -0.4 is 14.8 Å². The molecule has 1 aliphatic heterocycles. The predicted octanol–water partition coefficient (Wildman–Crippen LogP) is 9.13. The predicted molar refractivity (Wildman–Crippen MR) is 144 cm³/mol. The highest BCUT2D eigenvalue weighted by molar-refractivity contribution is 9.10. The fourth-order valence-corrected chi connectivity index (χ4v) is 6.19. The van der Waals surface area contributed by atoms with Crippen molar-refractivity contribution >= 4 is 56.4 Å². The van der Waals surface area contributed by atoms with E-state index in [4.69, 9.17) is 44.3 Å². The molecule has 5 rings (SSSR count). The fourth-order valence-electron chi connectivity index (χ4n) is 5.02. The maximum absolute atomic E-state index is 6.39. The first-order chi connectivity index (χ1) is 16.4. The summed E-state index contributed by atoms with van der Waals surface area (Å²) in [4.78, 5) is 0. The van der Waals surface area contributed by atoms with Crippen molar-refractivity contribution < 1.29 is 9.47 Å². The molecule has 1 N–H and O–H groups in total. The third kappa shape index (κ3) is 4.42.